The number of benzene rings is 1. The van der Waals surface area contributed by atoms with E-state index < -0.39 is 17.9 Å². The molecular weight excluding hydrogens is 320 g/mol. The highest BCUT2D eigenvalue weighted by Gasteiger charge is 2.19. The van der Waals surface area contributed by atoms with Crippen LogP contribution in [0.5, 0.6) is 11.5 Å². The molecule has 0 fully saturated rings. The number of ether oxygens (including phenoxy) is 3. The molecule has 0 bridgehead atoms. The third kappa shape index (κ3) is 4.06. The molecule has 0 N–H and O–H groups in total. The number of carbonyl (C=O) groups excluding carboxylic acids is 3. The molecule has 1 aromatic carbocycles. The molecule has 0 aromatic heterocycles. The van der Waals surface area contributed by atoms with Crippen LogP contribution in [0.3, 0.4) is 0 Å². The van der Waals surface area contributed by atoms with Crippen molar-refractivity contribution >= 4 is 33.8 Å². The van der Waals surface area contributed by atoms with Crippen molar-refractivity contribution in [2.24, 2.45) is 0 Å². The Kier molecular flexibility index (Phi) is 5.05. The van der Waals surface area contributed by atoms with E-state index in [4.69, 9.17) is 9.47 Å². The molecule has 7 heteroatoms. The second-order valence-corrected chi connectivity index (χ2v) is 4.32. The lowest BCUT2D eigenvalue weighted by Gasteiger charge is -2.11. The van der Waals surface area contributed by atoms with E-state index in [0.717, 1.165) is 0 Å². The number of hydrogen-bond donors (Lipinski definition) is 0. The van der Waals surface area contributed by atoms with Crippen LogP contribution in [0, 0.1) is 0 Å². The first-order chi connectivity index (χ1) is 8.85. The molecule has 0 saturated carbocycles. The van der Waals surface area contributed by atoms with E-state index in [1.54, 1.807) is 0 Å². The van der Waals surface area contributed by atoms with Crippen LogP contribution in [0.15, 0.2) is 16.6 Å². The van der Waals surface area contributed by atoms with Gasteiger partial charge in [0.15, 0.2) is 11.5 Å². The Morgan fingerprint density at radius 1 is 1.05 bits per heavy atom. The summed E-state index contributed by atoms with van der Waals surface area (Å²) in [6.07, 6.45) is 0. The van der Waals surface area contributed by atoms with Gasteiger partial charge < -0.3 is 14.2 Å². The van der Waals surface area contributed by atoms with Gasteiger partial charge in [0.2, 0.25) is 0 Å². The monoisotopic (exact) mass is 330 g/mol. The Hall–Kier alpha value is -1.89. The van der Waals surface area contributed by atoms with Crippen LogP contribution in [-0.2, 0) is 14.3 Å². The molecule has 0 radical (unpaired) electrons. The smallest absolute Gasteiger partial charge is 0.338 e. The zero-order chi connectivity index (χ0) is 14.6. The predicted molar refractivity (Wildman–Crippen MR) is 68.1 cm³/mol. The maximum atomic E-state index is 11.4. The number of esters is 3. The van der Waals surface area contributed by atoms with Gasteiger partial charge in [-0.15, -0.1) is 0 Å². The molecule has 102 valence electrons. The van der Waals surface area contributed by atoms with Crippen molar-refractivity contribution in [3.63, 3.8) is 0 Å². The SMILES string of the molecule is COC(=O)c1cc(Br)c(OC(C)=O)c(OC(C)=O)c1. The lowest BCUT2D eigenvalue weighted by atomic mass is 10.2. The Labute approximate surface area is 117 Å². The summed E-state index contributed by atoms with van der Waals surface area (Å²) in [4.78, 5) is 33.5. The summed E-state index contributed by atoms with van der Waals surface area (Å²) >= 11 is 3.14. The van der Waals surface area contributed by atoms with Crippen molar-refractivity contribution in [3.05, 3.63) is 22.2 Å². The average Bonchev–Trinajstić information content (AvgIpc) is 2.31. The fraction of sp³-hybridized carbons (Fsp3) is 0.250. The highest BCUT2D eigenvalue weighted by Crippen LogP contribution is 2.37. The van der Waals surface area contributed by atoms with Crippen LogP contribution in [0.4, 0.5) is 0 Å². The Bertz CT molecular complexity index is 537. The number of hydrogen-bond acceptors (Lipinski definition) is 6. The summed E-state index contributed by atoms with van der Waals surface area (Å²) in [7, 11) is 1.22. The standard InChI is InChI=1S/C12H11BrO6/c1-6(14)18-10-5-8(12(16)17-3)4-9(13)11(10)19-7(2)15/h4-5H,1-3H3. The minimum Gasteiger partial charge on any atom is -0.465 e. The van der Waals surface area contributed by atoms with Gasteiger partial charge in [0, 0.05) is 13.8 Å². The quantitative estimate of drug-likeness (QED) is 0.623. The number of rotatable bonds is 3. The lowest BCUT2D eigenvalue weighted by Crippen LogP contribution is -2.10. The first kappa shape index (κ1) is 15.2. The van der Waals surface area contributed by atoms with Crippen LogP contribution < -0.4 is 9.47 Å². The summed E-state index contributed by atoms with van der Waals surface area (Å²) in [6, 6.07) is 2.66. The minimum absolute atomic E-state index is 0.0235. The first-order valence-corrected chi connectivity index (χ1v) is 5.93. The molecule has 0 saturated heterocycles. The molecule has 0 atom stereocenters. The Balaban J connectivity index is 3.33. The lowest BCUT2D eigenvalue weighted by molar-refractivity contribution is -0.134. The molecule has 0 aliphatic heterocycles. The summed E-state index contributed by atoms with van der Waals surface area (Å²) in [5.41, 5.74) is 0.154. The topological polar surface area (TPSA) is 78.9 Å². The zero-order valence-corrected chi connectivity index (χ0v) is 12.1. The summed E-state index contributed by atoms with van der Waals surface area (Å²) in [5.74, 6) is -1.82. The van der Waals surface area contributed by atoms with Gasteiger partial charge in [-0.3, -0.25) is 9.59 Å². The van der Waals surface area contributed by atoms with Crippen LogP contribution >= 0.6 is 15.9 Å². The maximum absolute atomic E-state index is 11.4. The van der Waals surface area contributed by atoms with Crippen LogP contribution in [0.25, 0.3) is 0 Å². The second-order valence-electron chi connectivity index (χ2n) is 3.46. The van der Waals surface area contributed by atoms with Gasteiger partial charge in [-0.1, -0.05) is 0 Å². The fourth-order valence-electron chi connectivity index (χ4n) is 1.28. The van der Waals surface area contributed by atoms with Gasteiger partial charge >= 0.3 is 17.9 Å². The van der Waals surface area contributed by atoms with E-state index in [9.17, 15) is 14.4 Å². The van der Waals surface area contributed by atoms with Gasteiger partial charge in [-0.25, -0.2) is 4.79 Å². The van der Waals surface area contributed by atoms with E-state index in [1.165, 1.54) is 33.1 Å². The van der Waals surface area contributed by atoms with Crippen LogP contribution in [0.2, 0.25) is 0 Å². The maximum Gasteiger partial charge on any atom is 0.338 e. The van der Waals surface area contributed by atoms with Gasteiger partial charge in [0.25, 0.3) is 0 Å². The largest absolute Gasteiger partial charge is 0.465 e. The van der Waals surface area contributed by atoms with Crippen molar-refractivity contribution in [2.75, 3.05) is 7.11 Å². The van der Waals surface area contributed by atoms with E-state index >= 15 is 0 Å². The number of halogens is 1. The van der Waals surface area contributed by atoms with Crippen molar-refractivity contribution in [3.8, 4) is 11.5 Å². The number of methoxy groups -OCH3 is 1. The van der Waals surface area contributed by atoms with Crippen molar-refractivity contribution in [1.29, 1.82) is 0 Å². The molecule has 0 aliphatic carbocycles. The third-order valence-electron chi connectivity index (χ3n) is 1.93. The van der Waals surface area contributed by atoms with Gasteiger partial charge in [-0.2, -0.15) is 0 Å². The van der Waals surface area contributed by atoms with E-state index in [1.807, 2.05) is 0 Å². The summed E-state index contributed by atoms with van der Waals surface area (Å²) in [6.45, 7) is 2.40. The van der Waals surface area contributed by atoms with Crippen molar-refractivity contribution in [1.82, 2.24) is 0 Å². The minimum atomic E-state index is -0.609. The molecule has 0 spiro atoms. The molecule has 1 aromatic rings. The van der Waals surface area contributed by atoms with Crippen molar-refractivity contribution < 1.29 is 28.6 Å². The molecule has 0 unspecified atom stereocenters. The fourth-order valence-corrected chi connectivity index (χ4v) is 1.80. The van der Waals surface area contributed by atoms with E-state index in [0.29, 0.717) is 4.47 Å². The summed E-state index contributed by atoms with van der Waals surface area (Å²) < 4.78 is 14.7. The third-order valence-corrected chi connectivity index (χ3v) is 2.52. The van der Waals surface area contributed by atoms with Crippen molar-refractivity contribution in [2.45, 2.75) is 13.8 Å². The molecule has 1 rings (SSSR count). The predicted octanol–water partition coefficient (Wildman–Crippen LogP) is 2.09. The Morgan fingerprint density at radius 3 is 2.11 bits per heavy atom. The van der Waals surface area contributed by atoms with Gasteiger partial charge in [-0.05, 0) is 28.1 Å². The molecule has 0 amide bonds. The highest BCUT2D eigenvalue weighted by atomic mass is 79.9. The van der Waals surface area contributed by atoms with Gasteiger partial charge in [0.05, 0.1) is 17.1 Å². The molecule has 6 nitrogen and oxygen atoms in total. The molecule has 0 aliphatic rings. The van der Waals surface area contributed by atoms with E-state index in [-0.39, 0.29) is 17.1 Å². The first-order valence-electron chi connectivity index (χ1n) is 5.13. The molecule has 19 heavy (non-hydrogen) atoms. The molecule has 0 heterocycles. The summed E-state index contributed by atoms with van der Waals surface area (Å²) in [5, 5.41) is 0. The average molecular weight is 331 g/mol. The normalized spacial score (nSPS) is 9.68. The Morgan fingerprint density at radius 2 is 1.63 bits per heavy atom. The highest BCUT2D eigenvalue weighted by molar-refractivity contribution is 9.10. The molecular formula is C12H11BrO6. The van der Waals surface area contributed by atoms with Crippen LogP contribution in [0.1, 0.15) is 24.2 Å². The zero-order valence-electron chi connectivity index (χ0n) is 10.5. The van der Waals surface area contributed by atoms with Gasteiger partial charge in [0.1, 0.15) is 0 Å². The van der Waals surface area contributed by atoms with E-state index in [2.05, 4.69) is 20.7 Å². The second kappa shape index (κ2) is 6.33. The van der Waals surface area contributed by atoms with Crippen LogP contribution in [-0.4, -0.2) is 25.0 Å². The number of carbonyl (C=O) groups is 3.